The van der Waals surface area contributed by atoms with Crippen LogP contribution in [0.5, 0.6) is 5.75 Å². The number of rotatable bonds is 6. The smallest absolute Gasteiger partial charge is 0.307 e. The minimum atomic E-state index is -0.878. The highest BCUT2D eigenvalue weighted by molar-refractivity contribution is 6.30. The van der Waals surface area contributed by atoms with Gasteiger partial charge in [0, 0.05) is 17.5 Å². The fraction of sp³-hybridized carbons (Fsp3) is 0.316. The van der Waals surface area contributed by atoms with Crippen LogP contribution < -0.4 is 4.74 Å². The molecule has 0 aromatic heterocycles. The maximum Gasteiger partial charge on any atom is 0.307 e. The van der Waals surface area contributed by atoms with Gasteiger partial charge in [0.25, 0.3) is 0 Å². The topological polar surface area (TPSA) is 55.8 Å². The molecule has 4 nitrogen and oxygen atoms in total. The quantitative estimate of drug-likeness (QED) is 0.857. The summed E-state index contributed by atoms with van der Waals surface area (Å²) < 4.78 is 11.1. The summed E-state index contributed by atoms with van der Waals surface area (Å²) in [5, 5.41) is 9.61. The second-order valence-corrected chi connectivity index (χ2v) is 6.37. The fourth-order valence-corrected chi connectivity index (χ4v) is 3.01. The first kappa shape index (κ1) is 16.8. The molecule has 3 rings (SSSR count). The molecule has 1 aliphatic rings. The van der Waals surface area contributed by atoms with E-state index in [1.165, 1.54) is 0 Å². The molecule has 1 N–H and O–H groups in total. The van der Waals surface area contributed by atoms with Crippen LogP contribution in [0.4, 0.5) is 0 Å². The molecule has 1 atom stereocenters. The van der Waals surface area contributed by atoms with Crippen molar-refractivity contribution >= 4 is 17.6 Å². The van der Waals surface area contributed by atoms with Gasteiger partial charge < -0.3 is 14.6 Å². The molecule has 0 spiro atoms. The normalized spacial score (nSPS) is 17.0. The number of carbonyl (C=O) groups is 1. The molecule has 24 heavy (non-hydrogen) atoms. The van der Waals surface area contributed by atoms with Crippen molar-refractivity contribution in [3.63, 3.8) is 0 Å². The van der Waals surface area contributed by atoms with E-state index in [1.807, 2.05) is 30.3 Å². The first-order chi connectivity index (χ1) is 11.6. The van der Waals surface area contributed by atoms with Crippen molar-refractivity contribution < 1.29 is 19.4 Å². The molecule has 1 aliphatic heterocycles. The summed E-state index contributed by atoms with van der Waals surface area (Å²) in [5.41, 5.74) is 2.52. The maximum absolute atomic E-state index is 11.1. The highest BCUT2D eigenvalue weighted by Gasteiger charge is 2.16. The highest BCUT2D eigenvalue weighted by Crippen LogP contribution is 2.29. The maximum atomic E-state index is 11.1. The number of ether oxygens (including phenoxy) is 2. The predicted molar refractivity (Wildman–Crippen MR) is 92.6 cm³/mol. The van der Waals surface area contributed by atoms with Gasteiger partial charge in [-0.3, -0.25) is 4.79 Å². The Bertz CT molecular complexity index is 706. The first-order valence-electron chi connectivity index (χ1n) is 7.93. The molecule has 0 aliphatic carbocycles. The summed E-state index contributed by atoms with van der Waals surface area (Å²) in [6.07, 6.45) is 0.983. The van der Waals surface area contributed by atoms with Crippen LogP contribution in [0.1, 0.15) is 12.0 Å². The Hall–Kier alpha value is -2.04. The Kier molecular flexibility index (Phi) is 5.38. The molecule has 5 heteroatoms. The van der Waals surface area contributed by atoms with Gasteiger partial charge in [-0.15, -0.1) is 0 Å². The number of benzene rings is 2. The van der Waals surface area contributed by atoms with Gasteiger partial charge in [-0.25, -0.2) is 0 Å². The SMILES string of the molecule is O=C(O)Cc1cc(Cl)ccc1-c1ccc(OCC2CCOC2)cc1. The zero-order valence-corrected chi connectivity index (χ0v) is 14.0. The molecular weight excluding hydrogens is 328 g/mol. The van der Waals surface area contributed by atoms with Gasteiger partial charge in [0.1, 0.15) is 5.75 Å². The van der Waals surface area contributed by atoms with Gasteiger partial charge >= 0.3 is 5.97 Å². The zero-order valence-electron chi connectivity index (χ0n) is 13.2. The first-order valence-corrected chi connectivity index (χ1v) is 8.31. The van der Waals surface area contributed by atoms with Gasteiger partial charge in [-0.1, -0.05) is 29.8 Å². The molecule has 1 saturated heterocycles. The van der Waals surface area contributed by atoms with E-state index in [2.05, 4.69) is 0 Å². The van der Waals surface area contributed by atoms with E-state index >= 15 is 0 Å². The summed E-state index contributed by atoms with van der Waals surface area (Å²) in [6.45, 7) is 2.24. The van der Waals surface area contributed by atoms with E-state index in [4.69, 9.17) is 26.2 Å². The number of hydrogen-bond donors (Lipinski definition) is 1. The number of carboxylic acids is 1. The largest absolute Gasteiger partial charge is 0.493 e. The molecular formula is C19H19ClO4. The predicted octanol–water partition coefficient (Wildman–Crippen LogP) is 4.05. The van der Waals surface area contributed by atoms with Crippen LogP contribution in [0.3, 0.4) is 0 Å². The zero-order chi connectivity index (χ0) is 16.9. The summed E-state index contributed by atoms with van der Waals surface area (Å²) in [7, 11) is 0. The number of halogens is 1. The Morgan fingerprint density at radius 2 is 2.04 bits per heavy atom. The highest BCUT2D eigenvalue weighted by atomic mass is 35.5. The molecule has 0 bridgehead atoms. The molecule has 2 aromatic carbocycles. The van der Waals surface area contributed by atoms with Crippen molar-refractivity contribution in [2.45, 2.75) is 12.8 Å². The van der Waals surface area contributed by atoms with Gasteiger partial charge in [0.2, 0.25) is 0 Å². The second kappa shape index (κ2) is 7.69. The third kappa shape index (κ3) is 4.28. The van der Waals surface area contributed by atoms with Crippen molar-refractivity contribution in [2.75, 3.05) is 19.8 Å². The van der Waals surface area contributed by atoms with Crippen LogP contribution in [0.2, 0.25) is 5.02 Å². The van der Waals surface area contributed by atoms with Crippen LogP contribution in [0.15, 0.2) is 42.5 Å². The Morgan fingerprint density at radius 3 is 2.71 bits per heavy atom. The summed E-state index contributed by atoms with van der Waals surface area (Å²) in [4.78, 5) is 11.1. The van der Waals surface area contributed by atoms with Crippen LogP contribution in [0.25, 0.3) is 11.1 Å². The molecule has 1 heterocycles. The van der Waals surface area contributed by atoms with Crippen LogP contribution in [-0.2, 0) is 16.0 Å². The van der Waals surface area contributed by atoms with E-state index in [1.54, 1.807) is 12.1 Å². The van der Waals surface area contributed by atoms with Gasteiger partial charge in [0.15, 0.2) is 0 Å². The van der Waals surface area contributed by atoms with Crippen molar-refractivity contribution in [1.29, 1.82) is 0 Å². The monoisotopic (exact) mass is 346 g/mol. The number of carboxylic acid groups (broad SMARTS) is 1. The standard InChI is InChI=1S/C19H19ClO4/c20-16-3-6-18(15(9-16)10-19(21)22)14-1-4-17(5-2-14)24-12-13-7-8-23-11-13/h1-6,9,13H,7-8,10-12H2,(H,21,22). The van der Waals surface area contributed by atoms with Crippen molar-refractivity contribution in [3.05, 3.63) is 53.1 Å². The van der Waals surface area contributed by atoms with E-state index < -0.39 is 5.97 Å². The Balaban J connectivity index is 1.74. The van der Waals surface area contributed by atoms with Crippen LogP contribution >= 0.6 is 11.6 Å². The van der Waals surface area contributed by atoms with E-state index in [0.29, 0.717) is 23.1 Å². The lowest BCUT2D eigenvalue weighted by Crippen LogP contribution is -2.11. The Labute approximate surface area is 146 Å². The lowest BCUT2D eigenvalue weighted by Gasteiger charge is -2.12. The van der Waals surface area contributed by atoms with E-state index in [-0.39, 0.29) is 6.42 Å². The van der Waals surface area contributed by atoms with Gasteiger partial charge in [0.05, 0.1) is 19.6 Å². The molecule has 0 radical (unpaired) electrons. The van der Waals surface area contributed by atoms with Crippen LogP contribution in [0, 0.1) is 5.92 Å². The number of hydrogen-bond acceptors (Lipinski definition) is 3. The van der Waals surface area contributed by atoms with E-state index in [9.17, 15) is 4.79 Å². The lowest BCUT2D eigenvalue weighted by molar-refractivity contribution is -0.136. The van der Waals surface area contributed by atoms with E-state index in [0.717, 1.165) is 36.5 Å². The molecule has 0 saturated carbocycles. The Morgan fingerprint density at radius 1 is 1.25 bits per heavy atom. The molecule has 2 aromatic rings. The number of aliphatic carboxylic acids is 1. The van der Waals surface area contributed by atoms with Gasteiger partial charge in [-0.05, 0) is 47.4 Å². The van der Waals surface area contributed by atoms with Crippen LogP contribution in [-0.4, -0.2) is 30.9 Å². The minimum Gasteiger partial charge on any atom is -0.493 e. The molecule has 0 amide bonds. The fourth-order valence-electron chi connectivity index (χ4n) is 2.81. The van der Waals surface area contributed by atoms with Crippen molar-refractivity contribution in [1.82, 2.24) is 0 Å². The summed E-state index contributed by atoms with van der Waals surface area (Å²) in [6, 6.07) is 13.0. The van der Waals surface area contributed by atoms with Gasteiger partial charge in [-0.2, -0.15) is 0 Å². The summed E-state index contributed by atoms with van der Waals surface area (Å²) in [5.74, 6) is 0.389. The third-order valence-corrected chi connectivity index (χ3v) is 4.32. The average molecular weight is 347 g/mol. The summed E-state index contributed by atoms with van der Waals surface area (Å²) >= 11 is 5.99. The average Bonchev–Trinajstić information content (AvgIpc) is 3.07. The van der Waals surface area contributed by atoms with Crippen molar-refractivity contribution in [2.24, 2.45) is 5.92 Å². The molecule has 1 unspecified atom stereocenters. The third-order valence-electron chi connectivity index (χ3n) is 4.08. The molecule has 126 valence electrons. The molecule has 1 fully saturated rings. The minimum absolute atomic E-state index is 0.0597. The lowest BCUT2D eigenvalue weighted by atomic mass is 9.97. The van der Waals surface area contributed by atoms with Crippen molar-refractivity contribution in [3.8, 4) is 16.9 Å². The second-order valence-electron chi connectivity index (χ2n) is 5.94.